The summed E-state index contributed by atoms with van der Waals surface area (Å²) in [6.45, 7) is 23.8. The van der Waals surface area contributed by atoms with E-state index in [0.29, 0.717) is 69.5 Å². The summed E-state index contributed by atoms with van der Waals surface area (Å²) >= 11 is 0. The van der Waals surface area contributed by atoms with Crippen LogP contribution in [-0.2, 0) is 4.79 Å². The van der Waals surface area contributed by atoms with Gasteiger partial charge in [-0.25, -0.2) is 0 Å². The van der Waals surface area contributed by atoms with Crippen molar-refractivity contribution in [3.8, 4) is 0 Å². The molecule has 0 aliphatic heterocycles. The number of nitrogens with zero attached hydrogens (tertiary/aromatic N) is 2. The fourth-order valence-electron chi connectivity index (χ4n) is 11.5. The molecule has 0 saturated carbocycles. The lowest BCUT2D eigenvalue weighted by Crippen LogP contribution is -2.33. The maximum atomic E-state index is 15.7. The number of anilines is 3. The predicted molar refractivity (Wildman–Crippen MR) is 322 cm³/mol. The number of ketones is 1. The quantitative estimate of drug-likeness (QED) is 0.0661. The summed E-state index contributed by atoms with van der Waals surface area (Å²) < 4.78 is 2.32. The van der Waals surface area contributed by atoms with Crippen molar-refractivity contribution in [1.82, 2.24) is 5.32 Å². The number of amides is 2. The van der Waals surface area contributed by atoms with Crippen molar-refractivity contribution in [3.05, 3.63) is 226 Å². The monoisotopic (exact) mass is 1040 g/mol. The molecule has 78 heavy (non-hydrogen) atoms. The third-order valence-electron chi connectivity index (χ3n) is 14.9. The first-order chi connectivity index (χ1) is 37.2. The number of aliphatic hydroxyl groups is 1. The van der Waals surface area contributed by atoms with Gasteiger partial charge >= 0.3 is 0 Å². The van der Waals surface area contributed by atoms with Crippen LogP contribution in [0.15, 0.2) is 187 Å². The van der Waals surface area contributed by atoms with Crippen molar-refractivity contribution < 1.29 is 24.1 Å². The minimum absolute atomic E-state index is 0.0828. The molecule has 0 radical (unpaired) electrons. The highest BCUT2D eigenvalue weighted by atomic mass is 16.3. The molecule has 0 bridgehead atoms. The molecule has 8 nitrogen and oxygen atoms in total. The molecule has 0 fully saturated rings. The van der Waals surface area contributed by atoms with Crippen LogP contribution in [0, 0.1) is 36.5 Å². The highest BCUT2D eigenvalue weighted by molar-refractivity contribution is 6.44. The van der Waals surface area contributed by atoms with Crippen molar-refractivity contribution in [2.45, 2.75) is 94.9 Å². The van der Waals surface area contributed by atoms with Crippen LogP contribution in [0.2, 0.25) is 0 Å². The molecule has 2 aliphatic rings. The van der Waals surface area contributed by atoms with E-state index in [1.807, 2.05) is 84.9 Å². The summed E-state index contributed by atoms with van der Waals surface area (Å²) in [6, 6.07) is 52.9. The molecule has 3 N–H and O–H groups in total. The first kappa shape index (κ1) is 54.7. The molecule has 2 atom stereocenters. The lowest BCUT2D eigenvalue weighted by atomic mass is 9.74. The van der Waals surface area contributed by atoms with E-state index < -0.39 is 5.78 Å². The number of benzene rings is 7. The molecule has 2 unspecified atom stereocenters. The average molecular weight is 1040 g/mol. The summed E-state index contributed by atoms with van der Waals surface area (Å²) in [7, 11) is 0. The topological polar surface area (TPSA) is 102 Å². The average Bonchev–Trinajstić information content (AvgIpc) is 3.58. The van der Waals surface area contributed by atoms with E-state index >= 15 is 4.79 Å². The third kappa shape index (κ3) is 12.2. The van der Waals surface area contributed by atoms with Gasteiger partial charge in [0.1, 0.15) is 12.3 Å². The van der Waals surface area contributed by atoms with Crippen LogP contribution < -0.4 is 15.5 Å². The van der Waals surface area contributed by atoms with Crippen LogP contribution in [-0.4, -0.2) is 46.1 Å². The molecule has 9 rings (SSSR count). The van der Waals surface area contributed by atoms with Crippen LogP contribution >= 0.6 is 0 Å². The number of rotatable bonds is 16. The fraction of sp³-hybridized carbons (Fsp3) is 0.286. The van der Waals surface area contributed by atoms with Gasteiger partial charge in [0.2, 0.25) is 17.2 Å². The zero-order valence-electron chi connectivity index (χ0n) is 47.1. The number of nitrogens with one attached hydrogen (secondary N) is 2. The zero-order valence-corrected chi connectivity index (χ0v) is 47.1. The Morgan fingerprint density at radius 3 is 1.68 bits per heavy atom. The van der Waals surface area contributed by atoms with Gasteiger partial charge in [-0.05, 0) is 115 Å². The van der Waals surface area contributed by atoms with E-state index in [-0.39, 0.29) is 39.5 Å². The van der Waals surface area contributed by atoms with E-state index in [1.165, 1.54) is 0 Å². The van der Waals surface area contributed by atoms with Crippen molar-refractivity contribution in [2.24, 2.45) is 22.7 Å². The highest BCUT2D eigenvalue weighted by Gasteiger charge is 2.43. The molecule has 0 aromatic heterocycles. The van der Waals surface area contributed by atoms with Crippen LogP contribution in [0.1, 0.15) is 130 Å². The van der Waals surface area contributed by atoms with Crippen LogP contribution in [0.4, 0.5) is 22.7 Å². The highest BCUT2D eigenvalue weighted by Crippen LogP contribution is 2.50. The lowest BCUT2D eigenvalue weighted by Gasteiger charge is -2.33. The number of allylic oxidation sites excluding steroid dienone is 4. The summed E-state index contributed by atoms with van der Waals surface area (Å²) in [4.78, 5) is 46.9. The molecule has 7 aromatic carbocycles. The number of aliphatic hydroxyl groups excluding tert-OH is 1. The van der Waals surface area contributed by atoms with Gasteiger partial charge in [0.05, 0.1) is 33.8 Å². The molecular weight excluding hydrogens is 961 g/mol. The molecule has 0 saturated heterocycles. The second-order valence-corrected chi connectivity index (χ2v) is 24.1. The zero-order chi connectivity index (χ0) is 55.5. The van der Waals surface area contributed by atoms with Crippen molar-refractivity contribution in [2.75, 3.05) is 23.3 Å². The number of hydrogen-bond donors (Lipinski definition) is 3. The van der Waals surface area contributed by atoms with E-state index in [4.69, 9.17) is 0 Å². The summed E-state index contributed by atoms with van der Waals surface area (Å²) in [5, 5.41) is 21.0. The minimum atomic E-state index is -0.411. The Bertz CT molecular complexity index is 3520. The van der Waals surface area contributed by atoms with Gasteiger partial charge in [0.15, 0.2) is 0 Å². The summed E-state index contributed by atoms with van der Waals surface area (Å²) in [5.41, 5.74) is 10.5. The Kier molecular flexibility index (Phi) is 16.0. The van der Waals surface area contributed by atoms with Crippen molar-refractivity contribution >= 4 is 68.0 Å². The fourth-order valence-corrected chi connectivity index (χ4v) is 11.5. The van der Waals surface area contributed by atoms with Gasteiger partial charge in [-0.3, -0.25) is 14.4 Å². The second-order valence-electron chi connectivity index (χ2n) is 24.1. The van der Waals surface area contributed by atoms with Gasteiger partial charge in [-0.15, -0.1) is 0 Å². The number of aryl methyl sites for hydroxylation is 2. The Labute approximate surface area is 462 Å². The predicted octanol–water partition coefficient (Wildman–Crippen LogP) is 16.5. The van der Waals surface area contributed by atoms with E-state index in [1.54, 1.807) is 24.3 Å². The van der Waals surface area contributed by atoms with Crippen molar-refractivity contribution in [1.29, 1.82) is 0 Å². The van der Waals surface area contributed by atoms with Gasteiger partial charge in [0, 0.05) is 64.5 Å². The third-order valence-corrected chi connectivity index (χ3v) is 14.9. The van der Waals surface area contributed by atoms with Gasteiger partial charge in [-0.2, -0.15) is 4.58 Å². The van der Waals surface area contributed by atoms with Crippen LogP contribution in [0.3, 0.4) is 0 Å². The van der Waals surface area contributed by atoms with Gasteiger partial charge in [-0.1, -0.05) is 170 Å². The first-order valence-electron chi connectivity index (χ1n) is 27.6. The number of Topliss-reactive ketones (excluding diaryl/α,β-unsaturated/α-hetero) is 1. The molecule has 2 aliphatic carbocycles. The maximum Gasteiger partial charge on any atom is 0.255 e. The summed E-state index contributed by atoms with van der Waals surface area (Å²) in [6.07, 6.45) is 5.89. The number of carbonyl (C=O) groups is 3. The van der Waals surface area contributed by atoms with Gasteiger partial charge < -0.3 is 20.6 Å². The van der Waals surface area contributed by atoms with E-state index in [2.05, 4.69) is 150 Å². The standard InChI is InChI=1S/C70H74N4O4/c1-45-29-33-51(34-30-45)73(39-37-47(3)43-69(5,6)7)59-41-57(71-67(77)49-21-13-11-14-22-49)61(55-27-19-17-25-53(55)59)63-65(75)64(66(63)76)62-56-28-20-18-26-54(56)60(42-58(62)72-68(78)50-23-15-12-16-24-50)74(52-35-31-46(2)32-36-52)40-38-48(4)44-70(8,9)10/h11-36,41-42,47-48H,37-40,43-44H2,1-10H3,(H2,71,72,75,76,77,78)/p+1. The summed E-state index contributed by atoms with van der Waals surface area (Å²) in [5.74, 6) is -0.499. The molecule has 7 aromatic rings. The molecular formula is C70H75N4O4+. The number of hydrogen-bond acceptors (Lipinski definition) is 5. The first-order valence-corrected chi connectivity index (χ1v) is 27.6. The Morgan fingerprint density at radius 2 is 1.10 bits per heavy atom. The Morgan fingerprint density at radius 1 is 0.590 bits per heavy atom. The second kappa shape index (κ2) is 22.9. The smallest absolute Gasteiger partial charge is 0.255 e. The molecule has 8 heteroatoms. The van der Waals surface area contributed by atoms with E-state index in [0.717, 1.165) is 70.5 Å². The molecule has 0 heterocycles. The molecule has 0 spiro atoms. The molecule has 398 valence electrons. The number of fused-ring (bicyclic) bond motifs is 2. The SMILES string of the molecule is Cc1ccc(N(CCC(C)CC(C)(C)C)c2cc(NC(=O)c3ccccc3)c(C3=C(O)/C(=C4\C(NC(=O)c5ccccc5)=CC(=[N+](CCC(C)CC(C)(C)C)c5ccc(C)cc5)c5ccccc54)C3=O)c3ccccc23)cc1. The number of carbonyl (C=O) groups excluding carboxylic acids is 3. The van der Waals surface area contributed by atoms with E-state index in [9.17, 15) is 14.7 Å². The maximum absolute atomic E-state index is 15.7. The normalized spacial score (nSPS) is 16.0. The Balaban J connectivity index is 1.27. The largest absolute Gasteiger partial charge is 0.506 e. The Hall–Kier alpha value is -8.10. The van der Waals surface area contributed by atoms with Crippen molar-refractivity contribution in [3.63, 3.8) is 0 Å². The van der Waals surface area contributed by atoms with Crippen LogP contribution in [0.5, 0.6) is 0 Å². The van der Waals surface area contributed by atoms with Gasteiger partial charge in [0.25, 0.3) is 11.8 Å². The minimum Gasteiger partial charge on any atom is -0.506 e. The van der Waals surface area contributed by atoms with Crippen LogP contribution in [0.25, 0.3) is 21.9 Å². The lowest BCUT2D eigenvalue weighted by molar-refractivity contribution is -0.441. The molecule has 2 amide bonds.